The maximum absolute atomic E-state index is 16.2. The lowest BCUT2D eigenvalue weighted by atomic mass is 9.33. The van der Waals surface area contributed by atoms with Gasteiger partial charge in [0, 0.05) is 11.5 Å². The number of allylic oxidation sites excluding steroid dienone is 1. The molecule has 0 radical (unpaired) electrons. The van der Waals surface area contributed by atoms with Crippen LogP contribution >= 0.6 is 0 Å². The van der Waals surface area contributed by atoms with E-state index in [1.54, 1.807) is 12.1 Å². The molecule has 111 heavy (non-hydrogen) atoms. The molecule has 6 aliphatic heterocycles. The Balaban J connectivity index is 0.857. The molecule has 10 fully saturated rings. The average molecular weight is 1590 g/mol. The van der Waals surface area contributed by atoms with E-state index in [-0.39, 0.29) is 49.4 Å². The normalized spacial score (nSPS) is 48.4. The number of ether oxygens (including phenoxy) is 16. The number of aliphatic hydroxyl groups is 16. The van der Waals surface area contributed by atoms with Crippen molar-refractivity contribution in [1.82, 2.24) is 0 Å². The molecule has 0 spiro atoms. The molecule has 0 amide bonds. The summed E-state index contributed by atoms with van der Waals surface area (Å²) in [5.74, 6) is -4.19. The van der Waals surface area contributed by atoms with Crippen LogP contribution in [0.5, 0.6) is 17.2 Å². The summed E-state index contributed by atoms with van der Waals surface area (Å²) in [7, 11) is 4.22. The number of methoxy groups -OCH3 is 3. The van der Waals surface area contributed by atoms with Crippen LogP contribution in [0.3, 0.4) is 0 Å². The number of fused-ring (bicyclic) bond motifs is 7. The number of hydrogen-bond acceptors (Lipinski definition) is 35. The first-order valence-electron chi connectivity index (χ1n) is 38.0. The zero-order chi connectivity index (χ0) is 80.9. The quantitative estimate of drug-likeness (QED) is 0.0236. The van der Waals surface area contributed by atoms with Crippen molar-refractivity contribution < 1.29 is 177 Å². The third-order valence-electron chi connectivity index (χ3n) is 26.9. The van der Waals surface area contributed by atoms with Gasteiger partial charge in [-0.3, -0.25) is 9.59 Å². The smallest absolute Gasteiger partial charge is 0.331 e. The number of carbonyl (C=O) groups excluding carboxylic acids is 2. The molecule has 6 heterocycles. The Morgan fingerprint density at radius 2 is 1.15 bits per heavy atom. The number of aliphatic carboxylic acids is 1. The third-order valence-corrected chi connectivity index (χ3v) is 26.9. The van der Waals surface area contributed by atoms with E-state index in [4.69, 9.17) is 75.8 Å². The Labute approximate surface area is 640 Å². The molecule has 11 aliphatic rings. The lowest BCUT2D eigenvalue weighted by Crippen LogP contribution is -2.71. The molecule has 628 valence electrons. The lowest BCUT2D eigenvalue weighted by Gasteiger charge is -2.71. The zero-order valence-electron chi connectivity index (χ0n) is 63.7. The predicted octanol–water partition coefficient (Wildman–Crippen LogP) is -3.11. The van der Waals surface area contributed by atoms with Gasteiger partial charge in [0.2, 0.25) is 12.0 Å². The van der Waals surface area contributed by atoms with Gasteiger partial charge in [-0.25, -0.2) is 4.79 Å². The van der Waals surface area contributed by atoms with E-state index in [1.165, 1.54) is 48.2 Å². The summed E-state index contributed by atoms with van der Waals surface area (Å²) in [6, 6.07) is 3.11. The minimum absolute atomic E-state index is 0.0230. The fourth-order valence-corrected chi connectivity index (χ4v) is 20.5. The van der Waals surface area contributed by atoms with E-state index in [0.717, 1.165) is 11.6 Å². The van der Waals surface area contributed by atoms with Crippen LogP contribution in [0, 0.1) is 50.2 Å². The van der Waals surface area contributed by atoms with Crippen molar-refractivity contribution >= 4 is 24.0 Å². The van der Waals surface area contributed by atoms with Gasteiger partial charge in [0.05, 0.1) is 90.1 Å². The predicted molar refractivity (Wildman–Crippen MR) is 371 cm³/mol. The zero-order valence-corrected chi connectivity index (χ0v) is 63.7. The highest BCUT2D eigenvalue weighted by atomic mass is 16.8. The van der Waals surface area contributed by atoms with Gasteiger partial charge in [-0.15, -0.1) is 0 Å². The number of hydrogen-bond donors (Lipinski definition) is 17. The van der Waals surface area contributed by atoms with Gasteiger partial charge < -0.3 is 163 Å². The second kappa shape index (κ2) is 32.7. The highest BCUT2D eigenvalue weighted by molar-refractivity contribution is 5.87. The molecule has 5 aliphatic carbocycles. The Bertz CT molecular complexity index is 3480. The van der Waals surface area contributed by atoms with Crippen LogP contribution in [0.2, 0.25) is 0 Å². The molecule has 4 saturated carbocycles. The van der Waals surface area contributed by atoms with Crippen LogP contribution in [0.25, 0.3) is 6.08 Å². The number of carboxylic acids is 1. The summed E-state index contributed by atoms with van der Waals surface area (Å²) in [5, 5.41) is 191. The summed E-state index contributed by atoms with van der Waals surface area (Å²) in [6.07, 6.45) is -41.1. The lowest BCUT2D eigenvalue weighted by molar-refractivity contribution is -0.388. The van der Waals surface area contributed by atoms with Crippen molar-refractivity contribution in [2.24, 2.45) is 50.2 Å². The first-order chi connectivity index (χ1) is 52.3. The Kier molecular flexibility index (Phi) is 25.3. The molecule has 1 aromatic rings. The van der Waals surface area contributed by atoms with Crippen LogP contribution in [0.4, 0.5) is 0 Å². The van der Waals surface area contributed by atoms with Gasteiger partial charge in [0.15, 0.2) is 55.2 Å². The molecule has 17 N–H and O–H groups in total. The molecule has 36 atom stereocenters. The van der Waals surface area contributed by atoms with E-state index in [0.29, 0.717) is 31.2 Å². The van der Waals surface area contributed by atoms with Crippen molar-refractivity contribution in [1.29, 1.82) is 0 Å². The number of aliphatic hydroxyl groups excluding tert-OH is 15. The average Bonchev–Trinajstić information content (AvgIpc) is 1.37. The standard InChI is InChI=1S/C75H112O36/c1-31-53(105-44(82)14-11-33-21-39(96-8)56(98-10)40(22-33)97-9)50(88)58(109-64-52(90)57(108-66-59(91)75(95,29-78)30-101-66)54(32(2)102-64)106-62-51(89)55(38(81)27-100-62)107-61-48(86)45(83)37(80)26-99-61)65(103-31)111-68(94)73-18-17-69(3,4)23-35(73)34-12-13-42-70(5)24-36(79)60(110-63-49(87)47(85)46(84)41(25-76)104-63)72(7,67(92)93)43(70)15-16-71(42,6)74(34,28-77)20-19-73/h11-12,14,21-22,31-32,35-38,41-43,45-55,57-66,76-81,83-91,95H,13,15-20,23-30H2,1-10H3,(H,92,93)/b14-11+. The fourth-order valence-electron chi connectivity index (χ4n) is 20.5. The minimum Gasteiger partial charge on any atom is -0.493 e. The van der Waals surface area contributed by atoms with Crippen molar-refractivity contribution in [3.8, 4) is 17.2 Å². The van der Waals surface area contributed by atoms with Gasteiger partial charge in [0.1, 0.15) is 103 Å². The minimum atomic E-state index is -2.31. The SMILES string of the molecule is COc1cc(/C=C/C(=O)OC2C(C)OC(OC(=O)C34CCC(C)(C)CC3C3=CCC5C6(C)CC(O)C(OC7OC(CO)C(O)C(O)C7O)C(C)(C(=O)O)C6CCC5(C)C3(CO)CC4)C(OC3OC(C)C(OC4OCC(O)C(OC5OCC(O)C(O)C5O)C4O)C(OC4OCC(O)(CO)C4O)C3O)C2O)cc(OC)c1OC. The third kappa shape index (κ3) is 15.0. The second-order valence-electron chi connectivity index (χ2n) is 33.7. The van der Waals surface area contributed by atoms with E-state index >= 15 is 4.79 Å². The second-order valence-corrected chi connectivity index (χ2v) is 33.7. The molecule has 36 heteroatoms. The number of rotatable bonds is 22. The van der Waals surface area contributed by atoms with Gasteiger partial charge in [-0.2, -0.15) is 0 Å². The maximum atomic E-state index is 16.2. The van der Waals surface area contributed by atoms with Crippen molar-refractivity contribution in [3.63, 3.8) is 0 Å². The van der Waals surface area contributed by atoms with Gasteiger partial charge in [0.25, 0.3) is 0 Å². The molecule has 6 saturated heterocycles. The van der Waals surface area contributed by atoms with Crippen molar-refractivity contribution in [2.75, 3.05) is 61.0 Å². The van der Waals surface area contributed by atoms with Crippen LogP contribution in [0.15, 0.2) is 29.9 Å². The van der Waals surface area contributed by atoms with E-state index < -0.39 is 279 Å². The molecular formula is C75H112O36. The molecule has 12 rings (SSSR count). The monoisotopic (exact) mass is 1590 g/mol. The van der Waals surface area contributed by atoms with Crippen LogP contribution in [0.1, 0.15) is 112 Å². The van der Waals surface area contributed by atoms with Gasteiger partial charge in [-0.05, 0) is 136 Å². The van der Waals surface area contributed by atoms with Crippen LogP contribution in [-0.2, 0) is 76.0 Å². The van der Waals surface area contributed by atoms with Crippen molar-refractivity contribution in [3.05, 3.63) is 35.4 Å². The number of esters is 2. The Morgan fingerprint density at radius 1 is 0.559 bits per heavy atom. The molecular weight excluding hydrogens is 1480 g/mol. The van der Waals surface area contributed by atoms with E-state index in [1.807, 2.05) is 13.0 Å². The fraction of sp³-hybridized carbons (Fsp3) is 0.827. The van der Waals surface area contributed by atoms with Crippen LogP contribution in [-0.4, -0.2) is 337 Å². The van der Waals surface area contributed by atoms with E-state index in [2.05, 4.69) is 20.8 Å². The summed E-state index contributed by atoms with van der Waals surface area (Å²) in [4.78, 5) is 44.3. The molecule has 0 aromatic heterocycles. The van der Waals surface area contributed by atoms with E-state index in [9.17, 15) is 96.4 Å². The number of carboxylic acid groups (broad SMARTS) is 1. The molecule has 1 aromatic carbocycles. The molecule has 0 bridgehead atoms. The van der Waals surface area contributed by atoms with Gasteiger partial charge >= 0.3 is 17.9 Å². The summed E-state index contributed by atoms with van der Waals surface area (Å²) < 4.78 is 95.6. The number of benzene rings is 1. The summed E-state index contributed by atoms with van der Waals surface area (Å²) >= 11 is 0. The Morgan fingerprint density at radius 3 is 1.78 bits per heavy atom. The van der Waals surface area contributed by atoms with Crippen molar-refractivity contribution in [2.45, 2.75) is 278 Å². The summed E-state index contributed by atoms with van der Waals surface area (Å²) in [6.45, 7) is 8.42. The number of carbonyl (C=O) groups is 3. The van der Waals surface area contributed by atoms with Crippen LogP contribution < -0.4 is 14.2 Å². The maximum Gasteiger partial charge on any atom is 0.331 e. The topological polar surface area (TPSA) is 543 Å². The first kappa shape index (κ1) is 85.8. The highest BCUT2D eigenvalue weighted by Crippen LogP contribution is 2.76. The van der Waals surface area contributed by atoms with Gasteiger partial charge in [-0.1, -0.05) is 39.3 Å². The first-order valence-corrected chi connectivity index (χ1v) is 38.0. The molecule has 36 unspecified atom stereocenters. The summed E-state index contributed by atoms with van der Waals surface area (Å²) in [5.41, 5.74) is -7.77. The Hall–Kier alpha value is -4.57. The highest BCUT2D eigenvalue weighted by Gasteiger charge is 2.74. The molecule has 36 nitrogen and oxygen atoms in total. The largest absolute Gasteiger partial charge is 0.493 e.